The van der Waals surface area contributed by atoms with Crippen LogP contribution in [0.4, 0.5) is 0 Å². The summed E-state index contributed by atoms with van der Waals surface area (Å²) in [4.78, 5) is 9.62. The number of pyridine rings is 2. The Labute approximate surface area is 284 Å². The molecule has 0 radical (unpaired) electrons. The quantitative estimate of drug-likeness (QED) is 0.155. The average Bonchev–Trinajstić information content (AvgIpc) is 3.13. The van der Waals surface area contributed by atoms with Crippen LogP contribution in [0.2, 0.25) is 0 Å². The predicted molar refractivity (Wildman–Crippen MR) is 195 cm³/mol. The topological polar surface area (TPSA) is 53.5 Å². The Bertz CT molecular complexity index is 2330. The van der Waals surface area contributed by atoms with Crippen molar-refractivity contribution in [2.75, 3.05) is 0 Å². The highest BCUT2D eigenvalue weighted by atomic mass is 27.3. The number of para-hydroxylation sites is 2. The van der Waals surface area contributed by atoms with Crippen LogP contribution < -0.4 is 11.4 Å². The fourth-order valence-electron chi connectivity index (χ4n) is 6.11. The summed E-state index contributed by atoms with van der Waals surface area (Å²) >= 11 is -3.01. The first kappa shape index (κ1) is 29.7. The highest BCUT2D eigenvalue weighted by Crippen LogP contribution is 2.38. The number of fused-ring (bicyclic) bond motifs is 3. The first-order valence-corrected chi connectivity index (χ1v) is 17.4. The summed E-state index contributed by atoms with van der Waals surface area (Å²) in [5.41, 5.74) is 7.90. The summed E-state index contributed by atoms with van der Waals surface area (Å²) in [7, 11) is 0. The molecule has 0 saturated carbocycles. The number of hydrogen-bond acceptors (Lipinski definition) is 5. The molecule has 2 aromatic heterocycles. The van der Waals surface area contributed by atoms with Crippen LogP contribution in [0.15, 0.2) is 152 Å². The molecule has 0 N–H and O–H groups in total. The summed E-state index contributed by atoms with van der Waals surface area (Å²) in [6, 6.07) is 51.5. The second-order valence-corrected chi connectivity index (χ2v) is 13.1. The molecule has 48 heavy (non-hydrogen) atoms. The van der Waals surface area contributed by atoms with E-state index < -0.39 is 15.1 Å². The van der Waals surface area contributed by atoms with Crippen molar-refractivity contribution in [1.82, 2.24) is 9.97 Å². The van der Waals surface area contributed by atoms with Crippen molar-refractivity contribution < 1.29 is 11.4 Å². The molecule has 6 aromatic carbocycles. The third-order valence-corrected chi connectivity index (χ3v) is 9.82. The van der Waals surface area contributed by atoms with Gasteiger partial charge in [-0.1, -0.05) is 115 Å². The van der Waals surface area contributed by atoms with Gasteiger partial charge in [0.05, 0.1) is 5.75 Å². The van der Waals surface area contributed by atoms with Crippen LogP contribution in [-0.4, -0.2) is 25.1 Å². The number of rotatable bonds is 8. The maximum absolute atomic E-state index is 6.87. The molecule has 2 heterocycles. The van der Waals surface area contributed by atoms with Crippen LogP contribution in [0.3, 0.4) is 0 Å². The van der Waals surface area contributed by atoms with E-state index >= 15 is 0 Å². The second kappa shape index (κ2) is 12.9. The lowest BCUT2D eigenvalue weighted by Gasteiger charge is -2.20. The van der Waals surface area contributed by atoms with Crippen LogP contribution in [0.5, 0.6) is 17.2 Å². The van der Waals surface area contributed by atoms with Gasteiger partial charge in [-0.05, 0) is 77.9 Å². The van der Waals surface area contributed by atoms with Crippen molar-refractivity contribution in [2.24, 2.45) is 0 Å². The van der Waals surface area contributed by atoms with Crippen molar-refractivity contribution in [3.63, 3.8) is 0 Å². The van der Waals surface area contributed by atoms with E-state index in [4.69, 9.17) is 21.3 Å². The molecule has 0 aliphatic rings. The molecule has 6 heteroatoms. The second-order valence-electron chi connectivity index (χ2n) is 11.8. The van der Waals surface area contributed by atoms with Crippen LogP contribution >= 0.6 is 0 Å². The summed E-state index contributed by atoms with van der Waals surface area (Å²) in [6.45, 7) is 3.96. The summed E-state index contributed by atoms with van der Waals surface area (Å²) < 4.78 is 20.3. The molecule has 0 amide bonds. The molecule has 0 aliphatic heterocycles. The Balaban J connectivity index is 1.26. The fraction of sp³-hybridized carbons (Fsp3) is 0.0476. The van der Waals surface area contributed by atoms with Gasteiger partial charge in [0.25, 0.3) is 0 Å². The third kappa shape index (κ3) is 5.96. The maximum Gasteiger partial charge on any atom is 1.20 e. The number of aryl methyl sites for hydroxylation is 2. The molecule has 0 spiro atoms. The van der Waals surface area contributed by atoms with Gasteiger partial charge < -0.3 is 11.4 Å². The van der Waals surface area contributed by atoms with E-state index in [0.717, 1.165) is 66.2 Å². The Morgan fingerprint density at radius 1 is 0.417 bits per heavy atom. The predicted octanol–water partition coefficient (Wildman–Crippen LogP) is 10.4. The molecular weight excluding hydrogens is 607 g/mol. The number of aromatic nitrogens is 2. The van der Waals surface area contributed by atoms with Crippen molar-refractivity contribution in [2.45, 2.75) is 13.8 Å². The number of hydrogen-bond donors (Lipinski definition) is 0. The maximum atomic E-state index is 6.87. The van der Waals surface area contributed by atoms with E-state index in [0.29, 0.717) is 17.2 Å². The minimum Gasteiger partial charge on any atom is -0.577 e. The van der Waals surface area contributed by atoms with Gasteiger partial charge in [-0.3, -0.25) is 0 Å². The van der Waals surface area contributed by atoms with Crippen LogP contribution in [0.25, 0.3) is 54.8 Å². The van der Waals surface area contributed by atoms with Crippen molar-refractivity contribution in [3.05, 3.63) is 163 Å². The van der Waals surface area contributed by atoms with Crippen molar-refractivity contribution >= 4 is 47.7 Å². The van der Waals surface area contributed by atoms with Crippen LogP contribution in [0, 0.1) is 13.8 Å². The zero-order valence-corrected chi connectivity index (χ0v) is 27.8. The molecule has 0 bridgehead atoms. The van der Waals surface area contributed by atoms with Gasteiger partial charge in [0.1, 0.15) is 22.5 Å². The molecule has 0 atom stereocenters. The molecule has 0 aliphatic carbocycles. The monoisotopic (exact) mass is 638 g/mol. The normalized spacial score (nSPS) is 11.1. The lowest BCUT2D eigenvalue weighted by atomic mass is 9.94. The summed E-state index contributed by atoms with van der Waals surface area (Å²) in [5.74, 6) is 1.93. The van der Waals surface area contributed by atoms with Gasteiger partial charge in [-0.15, -0.1) is 0 Å². The SMILES string of the molecule is Cc1ccc2cccc([O][Al]([O]c3ccc(-c4ccccc4)c4cc(-c5ccccc5)ccc34)[O]c3cccc4ccc(C)nc34)c2n1. The largest absolute Gasteiger partial charge is 1.20 e. The number of nitrogens with zero attached hydrogens (tertiary/aromatic N) is 2. The summed E-state index contributed by atoms with van der Waals surface area (Å²) in [6.07, 6.45) is 0. The van der Waals surface area contributed by atoms with Gasteiger partial charge in [0.15, 0.2) is 0 Å². The highest BCUT2D eigenvalue weighted by molar-refractivity contribution is 6.40. The zero-order chi connectivity index (χ0) is 32.5. The first-order valence-electron chi connectivity index (χ1n) is 16.0. The van der Waals surface area contributed by atoms with E-state index in [1.165, 1.54) is 0 Å². The van der Waals surface area contributed by atoms with E-state index in [2.05, 4.69) is 84.9 Å². The van der Waals surface area contributed by atoms with Crippen molar-refractivity contribution in [3.8, 4) is 39.5 Å². The van der Waals surface area contributed by atoms with E-state index in [1.807, 2.05) is 80.6 Å². The minimum absolute atomic E-state index is 0.619. The molecule has 8 aromatic rings. The van der Waals surface area contributed by atoms with E-state index in [9.17, 15) is 0 Å². The third-order valence-electron chi connectivity index (χ3n) is 8.48. The van der Waals surface area contributed by atoms with Gasteiger partial charge in [-0.25, -0.2) is 9.97 Å². The fourth-order valence-corrected chi connectivity index (χ4v) is 7.46. The Morgan fingerprint density at radius 2 is 0.979 bits per heavy atom. The Hall–Kier alpha value is -5.67. The molecule has 5 nitrogen and oxygen atoms in total. The summed E-state index contributed by atoms with van der Waals surface area (Å²) in [5, 5.41) is 4.02. The van der Waals surface area contributed by atoms with Crippen LogP contribution in [0.1, 0.15) is 11.4 Å². The van der Waals surface area contributed by atoms with Gasteiger partial charge >= 0.3 is 15.1 Å². The molecule has 0 saturated heterocycles. The average molecular weight is 639 g/mol. The minimum atomic E-state index is -3.01. The molecular formula is C42H31AlN2O3. The number of benzene rings is 6. The zero-order valence-electron chi connectivity index (χ0n) is 26.6. The van der Waals surface area contributed by atoms with Gasteiger partial charge in [0, 0.05) is 27.5 Å². The Kier molecular flexibility index (Phi) is 7.96. The van der Waals surface area contributed by atoms with Gasteiger partial charge in [0.2, 0.25) is 0 Å². The first-order chi connectivity index (χ1) is 23.6. The molecule has 8 rings (SSSR count). The standard InChI is InChI=1S/C22H16O.2C10H9NO.Al/c23-22-14-13-19(17-9-5-2-6-10-17)21-15-18(11-12-20(21)22)16-7-3-1-4-8-16;2*1-7-5-6-8-3-2-4-9(12)10(8)11-7;/h1-15,23H;2*2-6,12H,1H3;/q;;;+3/p-3. The molecule has 230 valence electrons. The lowest BCUT2D eigenvalue weighted by Crippen LogP contribution is -2.37. The van der Waals surface area contributed by atoms with Crippen LogP contribution in [-0.2, 0) is 0 Å². The van der Waals surface area contributed by atoms with Crippen molar-refractivity contribution in [1.29, 1.82) is 0 Å². The van der Waals surface area contributed by atoms with E-state index in [1.54, 1.807) is 0 Å². The lowest BCUT2D eigenvalue weighted by molar-refractivity contribution is 0.311. The Morgan fingerprint density at radius 3 is 1.58 bits per heavy atom. The molecule has 0 fully saturated rings. The molecule has 0 unspecified atom stereocenters. The van der Waals surface area contributed by atoms with E-state index in [-0.39, 0.29) is 0 Å². The highest BCUT2D eigenvalue weighted by Gasteiger charge is 2.46. The van der Waals surface area contributed by atoms with Gasteiger partial charge in [-0.2, -0.15) is 0 Å². The smallest absolute Gasteiger partial charge is 0.577 e.